The molecule has 1 heterocycles. The van der Waals surface area contributed by atoms with E-state index >= 15 is 0 Å². The molecule has 1 atom stereocenters. The van der Waals surface area contributed by atoms with E-state index < -0.39 is 59.2 Å². The molecular formula is C24H19F5N2O5. The quantitative estimate of drug-likeness (QED) is 0.171. The molecule has 1 aromatic heterocycles. The number of aliphatic hydroxyl groups is 1. The molecule has 2 aromatic carbocycles. The van der Waals surface area contributed by atoms with Gasteiger partial charge in [0.25, 0.3) is 0 Å². The number of anilines is 1. The fourth-order valence-electron chi connectivity index (χ4n) is 3.75. The molecule has 1 aliphatic carbocycles. The van der Waals surface area contributed by atoms with Crippen LogP contribution in [0.2, 0.25) is 0 Å². The van der Waals surface area contributed by atoms with Gasteiger partial charge in [-0.1, -0.05) is 18.2 Å². The van der Waals surface area contributed by atoms with Gasteiger partial charge in [0.15, 0.2) is 23.3 Å². The van der Waals surface area contributed by atoms with Crippen molar-refractivity contribution in [2.24, 2.45) is 0 Å². The average Bonchev–Trinajstić information content (AvgIpc) is 2.85. The zero-order valence-corrected chi connectivity index (χ0v) is 18.4. The van der Waals surface area contributed by atoms with E-state index in [9.17, 15) is 36.6 Å². The first-order valence-corrected chi connectivity index (χ1v) is 10.5. The zero-order valence-electron chi connectivity index (χ0n) is 18.4. The van der Waals surface area contributed by atoms with Crippen LogP contribution in [0.25, 0.3) is 10.9 Å². The third-order valence-electron chi connectivity index (χ3n) is 5.34. The maximum absolute atomic E-state index is 14.0. The first-order valence-electron chi connectivity index (χ1n) is 10.5. The number of pyridine rings is 1. The smallest absolute Gasteiger partial charge is 0.328 e. The molecule has 0 bridgehead atoms. The number of hydrogen-bond donors (Lipinski definition) is 4. The molecule has 3 aromatic rings. The Hall–Kier alpha value is -4.06. The lowest BCUT2D eigenvalue weighted by molar-refractivity contribution is -0.134. The summed E-state index contributed by atoms with van der Waals surface area (Å²) in [5.74, 6) is -12.4. The number of benzene rings is 2. The molecule has 7 nitrogen and oxygen atoms in total. The molecule has 36 heavy (non-hydrogen) atoms. The highest BCUT2D eigenvalue weighted by Crippen LogP contribution is 2.39. The third-order valence-corrected chi connectivity index (χ3v) is 5.34. The first-order chi connectivity index (χ1) is 17.0. The summed E-state index contributed by atoms with van der Waals surface area (Å²) in [5.41, 5.74) is 1.18. The number of aliphatic hydroxyl groups excluding tert-OH is 1. The lowest BCUT2D eigenvalue weighted by Crippen LogP contribution is -2.17. The lowest BCUT2D eigenvalue weighted by atomic mass is 9.90. The predicted octanol–water partition coefficient (Wildman–Crippen LogP) is 4.62. The van der Waals surface area contributed by atoms with Gasteiger partial charge in [-0.3, -0.25) is 4.98 Å². The number of carboxylic acid groups (broad SMARTS) is 2. The van der Waals surface area contributed by atoms with Gasteiger partial charge in [0, 0.05) is 40.9 Å². The van der Waals surface area contributed by atoms with Crippen molar-refractivity contribution in [3.05, 3.63) is 82.3 Å². The Labute approximate surface area is 200 Å². The summed E-state index contributed by atoms with van der Waals surface area (Å²) in [6.07, 6.45) is 2.12. The summed E-state index contributed by atoms with van der Waals surface area (Å²) in [5, 5.41) is 29.4. The monoisotopic (exact) mass is 510 g/mol. The van der Waals surface area contributed by atoms with E-state index in [0.717, 1.165) is 6.42 Å². The maximum Gasteiger partial charge on any atom is 0.328 e. The topological polar surface area (TPSA) is 120 Å². The maximum atomic E-state index is 14.0. The number of aliphatic carboxylic acids is 2. The molecule has 4 N–H and O–H groups in total. The molecule has 190 valence electrons. The summed E-state index contributed by atoms with van der Waals surface area (Å²) >= 11 is 0. The molecule has 12 heteroatoms. The van der Waals surface area contributed by atoms with Crippen LogP contribution < -0.4 is 5.32 Å². The number of halogens is 5. The SMILES string of the molecule is O=C(O)/C=C/C(=O)O.OC1CCCc2nc3ccccc3c(NCc3c(F)c(F)c(F)c(F)c3F)c21. The summed E-state index contributed by atoms with van der Waals surface area (Å²) in [6.45, 7) is -0.640. The second kappa shape index (κ2) is 11.1. The Morgan fingerprint density at radius 2 is 1.50 bits per heavy atom. The molecule has 1 unspecified atom stereocenters. The van der Waals surface area contributed by atoms with Crippen LogP contribution in [-0.2, 0) is 22.6 Å². The number of nitrogens with one attached hydrogen (secondary N) is 1. The van der Waals surface area contributed by atoms with Gasteiger partial charge < -0.3 is 20.6 Å². The second-order valence-corrected chi connectivity index (χ2v) is 7.68. The Balaban J connectivity index is 0.000000392. The normalized spacial score (nSPS) is 14.8. The highest BCUT2D eigenvalue weighted by atomic mass is 19.2. The number of hydrogen-bond acceptors (Lipinski definition) is 5. The van der Waals surface area contributed by atoms with E-state index in [2.05, 4.69) is 10.3 Å². The fourth-order valence-corrected chi connectivity index (χ4v) is 3.75. The molecule has 0 amide bonds. The molecule has 1 aliphatic rings. The third kappa shape index (κ3) is 5.60. The van der Waals surface area contributed by atoms with Crippen LogP contribution in [0.1, 0.15) is 35.8 Å². The number of rotatable bonds is 5. The second-order valence-electron chi connectivity index (χ2n) is 7.68. The minimum absolute atomic E-state index is 0.386. The van der Waals surface area contributed by atoms with Crippen LogP contribution in [-0.4, -0.2) is 32.2 Å². The Morgan fingerprint density at radius 3 is 2.08 bits per heavy atom. The van der Waals surface area contributed by atoms with Gasteiger partial charge in [0.1, 0.15) is 0 Å². The highest BCUT2D eigenvalue weighted by molar-refractivity contribution is 5.93. The van der Waals surface area contributed by atoms with Crippen molar-refractivity contribution in [1.29, 1.82) is 0 Å². The molecule has 4 rings (SSSR count). The number of para-hydroxylation sites is 1. The number of carboxylic acids is 2. The fraction of sp³-hybridized carbons (Fsp3) is 0.208. The van der Waals surface area contributed by atoms with Gasteiger partial charge >= 0.3 is 11.9 Å². The number of carbonyl (C=O) groups is 2. The van der Waals surface area contributed by atoms with E-state index in [1.54, 1.807) is 24.3 Å². The minimum atomic E-state index is -2.19. The molecular weight excluding hydrogens is 491 g/mol. The van der Waals surface area contributed by atoms with Crippen LogP contribution in [0.5, 0.6) is 0 Å². The van der Waals surface area contributed by atoms with E-state index in [1.165, 1.54) is 0 Å². The number of fused-ring (bicyclic) bond motifs is 2. The van der Waals surface area contributed by atoms with Gasteiger partial charge in [-0.15, -0.1) is 0 Å². The average molecular weight is 510 g/mol. The minimum Gasteiger partial charge on any atom is -0.478 e. The van der Waals surface area contributed by atoms with E-state index in [0.29, 0.717) is 52.8 Å². The number of aromatic nitrogens is 1. The number of aryl methyl sites for hydroxylation is 1. The van der Waals surface area contributed by atoms with Crippen molar-refractivity contribution in [2.45, 2.75) is 31.9 Å². The van der Waals surface area contributed by atoms with Crippen molar-refractivity contribution in [2.75, 3.05) is 5.32 Å². The van der Waals surface area contributed by atoms with Gasteiger partial charge in [-0.2, -0.15) is 0 Å². The summed E-state index contributed by atoms with van der Waals surface area (Å²) < 4.78 is 68.2. The van der Waals surface area contributed by atoms with Gasteiger partial charge in [0.2, 0.25) is 5.82 Å². The molecule has 0 saturated heterocycles. The van der Waals surface area contributed by atoms with Crippen molar-refractivity contribution in [3.8, 4) is 0 Å². The first kappa shape index (κ1) is 26.5. The summed E-state index contributed by atoms with van der Waals surface area (Å²) in [7, 11) is 0. The van der Waals surface area contributed by atoms with Crippen molar-refractivity contribution in [1.82, 2.24) is 4.98 Å². The molecule has 0 radical (unpaired) electrons. The van der Waals surface area contributed by atoms with Crippen molar-refractivity contribution < 1.29 is 46.9 Å². The van der Waals surface area contributed by atoms with E-state index in [4.69, 9.17) is 10.2 Å². The molecule has 0 fully saturated rings. The standard InChI is InChI=1S/C20H15F5N2O.C4H4O4/c21-15-10(16(22)18(24)19(25)17(15)23)8-26-20-9-4-1-2-5-11(9)27-12-6-3-7-13(28)14(12)20;5-3(6)1-2-4(7)8/h1-2,4-5,13,28H,3,6-8H2,(H,26,27);1-2H,(H,5,6)(H,7,8)/b;2-1+. The summed E-state index contributed by atoms with van der Waals surface area (Å²) in [4.78, 5) is 23.6. The van der Waals surface area contributed by atoms with Gasteiger partial charge in [-0.05, 0) is 25.3 Å². The van der Waals surface area contributed by atoms with Crippen LogP contribution in [0, 0.1) is 29.1 Å². The van der Waals surface area contributed by atoms with Crippen LogP contribution in [0.4, 0.5) is 27.6 Å². The zero-order chi connectivity index (χ0) is 26.6. The molecule has 0 saturated carbocycles. The Kier molecular flexibility index (Phi) is 8.20. The van der Waals surface area contributed by atoms with Crippen molar-refractivity contribution >= 4 is 28.5 Å². The van der Waals surface area contributed by atoms with Crippen LogP contribution >= 0.6 is 0 Å². The Bertz CT molecular complexity index is 1320. The predicted molar refractivity (Wildman–Crippen MR) is 118 cm³/mol. The Morgan fingerprint density at radius 1 is 0.944 bits per heavy atom. The number of nitrogens with zero attached hydrogens (tertiary/aromatic N) is 1. The summed E-state index contributed by atoms with van der Waals surface area (Å²) in [6, 6.07) is 6.97. The van der Waals surface area contributed by atoms with Crippen LogP contribution in [0.15, 0.2) is 36.4 Å². The van der Waals surface area contributed by atoms with E-state index in [1.807, 2.05) is 0 Å². The van der Waals surface area contributed by atoms with Crippen molar-refractivity contribution in [3.63, 3.8) is 0 Å². The van der Waals surface area contributed by atoms with Gasteiger partial charge in [-0.25, -0.2) is 31.5 Å². The van der Waals surface area contributed by atoms with Gasteiger partial charge in [0.05, 0.1) is 17.3 Å². The molecule has 0 spiro atoms. The highest BCUT2D eigenvalue weighted by Gasteiger charge is 2.28. The lowest BCUT2D eigenvalue weighted by Gasteiger charge is -2.25. The largest absolute Gasteiger partial charge is 0.478 e. The molecule has 0 aliphatic heterocycles. The van der Waals surface area contributed by atoms with Crippen LogP contribution in [0.3, 0.4) is 0 Å². The van der Waals surface area contributed by atoms with E-state index in [-0.39, 0.29) is 0 Å².